The van der Waals surface area contributed by atoms with Crippen LogP contribution >= 0.6 is 0 Å². The molecule has 0 N–H and O–H groups in total. The Labute approximate surface area is 89.9 Å². The molecule has 0 saturated heterocycles. The fourth-order valence-electron chi connectivity index (χ4n) is 2.97. The number of fused-ring (bicyclic) bond motifs is 3. The Morgan fingerprint density at radius 1 is 1.40 bits per heavy atom. The molecule has 0 radical (unpaired) electrons. The molecule has 3 aliphatic carbocycles. The van der Waals surface area contributed by atoms with Crippen LogP contribution in [-0.2, 0) is 4.79 Å². The summed E-state index contributed by atoms with van der Waals surface area (Å²) in [6, 6.07) is 0. The van der Waals surface area contributed by atoms with Crippen molar-refractivity contribution in [2.75, 3.05) is 0 Å². The van der Waals surface area contributed by atoms with Crippen molar-refractivity contribution >= 4 is 6.29 Å². The highest BCUT2D eigenvalue weighted by Crippen LogP contribution is 2.51. The zero-order valence-electron chi connectivity index (χ0n) is 8.97. The second-order valence-electron chi connectivity index (χ2n) is 4.41. The summed E-state index contributed by atoms with van der Waals surface area (Å²) >= 11 is 0. The lowest BCUT2D eigenvalue weighted by atomic mass is 9.92. The van der Waals surface area contributed by atoms with Crippen LogP contribution < -0.4 is 0 Å². The molecule has 1 fully saturated rings. The Kier molecular flexibility index (Phi) is 1.82. The maximum atomic E-state index is 11.0. The fourth-order valence-corrected chi connectivity index (χ4v) is 2.97. The third-order valence-electron chi connectivity index (χ3n) is 3.74. The minimum atomic E-state index is 0.863. The Hall–Kier alpha value is -1.37. The number of aldehydes is 1. The monoisotopic (exact) mass is 198 g/mol. The quantitative estimate of drug-likeness (QED) is 0.491. The van der Waals surface area contributed by atoms with E-state index in [1.165, 1.54) is 16.7 Å². The molecule has 0 aromatic rings. The van der Waals surface area contributed by atoms with E-state index in [9.17, 15) is 4.79 Å². The van der Waals surface area contributed by atoms with Gasteiger partial charge in [0.05, 0.1) is 0 Å². The number of carbonyl (C=O) groups is 1. The molecule has 2 bridgehead atoms. The van der Waals surface area contributed by atoms with Crippen LogP contribution in [-0.4, -0.2) is 6.29 Å². The molecule has 3 rings (SSSR count). The summed E-state index contributed by atoms with van der Waals surface area (Å²) in [6.07, 6.45) is 9.64. The molecule has 76 valence electrons. The van der Waals surface area contributed by atoms with Gasteiger partial charge in [0, 0.05) is 0 Å². The van der Waals surface area contributed by atoms with E-state index in [2.05, 4.69) is 19.1 Å². The van der Waals surface area contributed by atoms with Crippen LogP contribution in [0.5, 0.6) is 0 Å². The van der Waals surface area contributed by atoms with Crippen molar-refractivity contribution in [3.05, 3.63) is 45.6 Å². The molecular weight excluding hydrogens is 184 g/mol. The normalized spacial score (nSPS) is 25.4. The van der Waals surface area contributed by atoms with Crippen LogP contribution in [0.15, 0.2) is 45.6 Å². The largest absolute Gasteiger partial charge is 0.298 e. The predicted molar refractivity (Wildman–Crippen MR) is 60.4 cm³/mol. The minimum absolute atomic E-state index is 0.863. The van der Waals surface area contributed by atoms with Gasteiger partial charge in [-0.2, -0.15) is 0 Å². The molecule has 0 aliphatic heterocycles. The van der Waals surface area contributed by atoms with Crippen LogP contribution in [0, 0.1) is 0 Å². The first-order valence-corrected chi connectivity index (χ1v) is 5.63. The first-order valence-electron chi connectivity index (χ1n) is 5.63. The summed E-state index contributed by atoms with van der Waals surface area (Å²) in [5.41, 5.74) is 8.32. The molecule has 0 atom stereocenters. The second kappa shape index (κ2) is 3.06. The van der Waals surface area contributed by atoms with Crippen LogP contribution in [0.25, 0.3) is 0 Å². The van der Waals surface area contributed by atoms with Crippen LogP contribution in [0.2, 0.25) is 0 Å². The van der Waals surface area contributed by atoms with Crippen molar-refractivity contribution < 1.29 is 4.79 Å². The summed E-state index contributed by atoms with van der Waals surface area (Å²) in [6.45, 7) is 2.06. The minimum Gasteiger partial charge on any atom is -0.298 e. The summed E-state index contributed by atoms with van der Waals surface area (Å²) in [5, 5.41) is 0. The zero-order valence-corrected chi connectivity index (χ0v) is 8.97. The lowest BCUT2D eigenvalue weighted by molar-refractivity contribution is -0.105. The van der Waals surface area contributed by atoms with Gasteiger partial charge in [0.25, 0.3) is 0 Å². The number of hydrogen-bond acceptors (Lipinski definition) is 1. The van der Waals surface area contributed by atoms with E-state index in [-0.39, 0.29) is 0 Å². The van der Waals surface area contributed by atoms with Crippen molar-refractivity contribution in [3.63, 3.8) is 0 Å². The third-order valence-corrected chi connectivity index (χ3v) is 3.74. The van der Waals surface area contributed by atoms with Gasteiger partial charge in [0.1, 0.15) is 6.29 Å². The average Bonchev–Trinajstić information content (AvgIpc) is 2.90. The number of hydrogen-bond donors (Lipinski definition) is 0. The van der Waals surface area contributed by atoms with E-state index in [1.807, 2.05) is 0 Å². The van der Waals surface area contributed by atoms with E-state index in [4.69, 9.17) is 0 Å². The van der Waals surface area contributed by atoms with Crippen molar-refractivity contribution in [2.45, 2.75) is 32.6 Å². The number of rotatable bonds is 2. The first kappa shape index (κ1) is 8.90. The van der Waals surface area contributed by atoms with E-state index >= 15 is 0 Å². The summed E-state index contributed by atoms with van der Waals surface area (Å²) in [4.78, 5) is 11.0. The molecule has 0 spiro atoms. The van der Waals surface area contributed by atoms with Gasteiger partial charge in [-0.15, -0.1) is 0 Å². The zero-order chi connectivity index (χ0) is 10.4. The standard InChI is InChI=1S/C14H14O/c1-2-9(8-15)13-6-10-7-14(13)12-5-3-4-11(10)12/h3,5,8H,2,4,6-7H2,1H3. The molecule has 0 heterocycles. The number of allylic oxidation sites excluding steroid dienone is 8. The molecule has 15 heavy (non-hydrogen) atoms. The molecule has 0 amide bonds. The lowest BCUT2D eigenvalue weighted by Gasteiger charge is -2.11. The molecule has 0 unspecified atom stereocenters. The second-order valence-corrected chi connectivity index (χ2v) is 4.41. The van der Waals surface area contributed by atoms with E-state index in [1.54, 1.807) is 11.1 Å². The Bertz CT molecular complexity index is 470. The smallest absolute Gasteiger partial charge is 0.146 e. The topological polar surface area (TPSA) is 17.1 Å². The van der Waals surface area contributed by atoms with Gasteiger partial charge >= 0.3 is 0 Å². The molecule has 3 aliphatic rings. The maximum Gasteiger partial charge on any atom is 0.146 e. The van der Waals surface area contributed by atoms with Gasteiger partial charge in [-0.25, -0.2) is 0 Å². The van der Waals surface area contributed by atoms with Crippen LogP contribution in [0.3, 0.4) is 0 Å². The Morgan fingerprint density at radius 2 is 2.27 bits per heavy atom. The van der Waals surface area contributed by atoms with Gasteiger partial charge in [-0.1, -0.05) is 24.6 Å². The average molecular weight is 198 g/mol. The number of carbonyl (C=O) groups excluding carboxylic acids is 1. The predicted octanol–water partition coefficient (Wildman–Crippen LogP) is 3.25. The van der Waals surface area contributed by atoms with Crippen molar-refractivity contribution in [1.82, 2.24) is 0 Å². The van der Waals surface area contributed by atoms with Crippen molar-refractivity contribution in [3.8, 4) is 0 Å². The van der Waals surface area contributed by atoms with E-state index in [0.29, 0.717) is 0 Å². The Balaban J connectivity index is 2.14. The van der Waals surface area contributed by atoms with Crippen LogP contribution in [0.4, 0.5) is 0 Å². The lowest BCUT2D eigenvalue weighted by Crippen LogP contribution is -1.96. The third kappa shape index (κ3) is 1.06. The van der Waals surface area contributed by atoms with Crippen LogP contribution in [0.1, 0.15) is 32.6 Å². The fraction of sp³-hybridized carbons (Fsp3) is 0.357. The van der Waals surface area contributed by atoms with Gasteiger partial charge in [0.15, 0.2) is 0 Å². The van der Waals surface area contributed by atoms with Gasteiger partial charge in [0.2, 0.25) is 0 Å². The van der Waals surface area contributed by atoms with Gasteiger partial charge in [-0.05, 0) is 53.5 Å². The summed E-state index contributed by atoms with van der Waals surface area (Å²) in [5.74, 6) is 0. The maximum absolute atomic E-state index is 11.0. The molecule has 1 heteroatoms. The Morgan fingerprint density at radius 3 is 3.00 bits per heavy atom. The SMILES string of the molecule is CCC(C=O)=C1CC2=C3CC=CC3=C1C2. The summed E-state index contributed by atoms with van der Waals surface area (Å²) < 4.78 is 0. The van der Waals surface area contributed by atoms with E-state index < -0.39 is 0 Å². The highest BCUT2D eigenvalue weighted by Gasteiger charge is 2.33. The highest BCUT2D eigenvalue weighted by atomic mass is 16.1. The van der Waals surface area contributed by atoms with Gasteiger partial charge in [-0.3, -0.25) is 4.79 Å². The molecule has 1 nitrogen and oxygen atoms in total. The van der Waals surface area contributed by atoms with Gasteiger partial charge < -0.3 is 0 Å². The highest BCUT2D eigenvalue weighted by molar-refractivity contribution is 5.80. The molecule has 0 aromatic carbocycles. The molecule has 1 saturated carbocycles. The van der Waals surface area contributed by atoms with Crippen molar-refractivity contribution in [2.24, 2.45) is 0 Å². The molecule has 0 aromatic heterocycles. The first-order chi connectivity index (χ1) is 7.35. The molecular formula is C14H14O. The van der Waals surface area contributed by atoms with Crippen molar-refractivity contribution in [1.29, 1.82) is 0 Å². The summed E-state index contributed by atoms with van der Waals surface area (Å²) in [7, 11) is 0. The van der Waals surface area contributed by atoms with E-state index in [0.717, 1.165) is 37.5 Å².